The molecule has 0 amide bonds. The fourth-order valence-electron chi connectivity index (χ4n) is 3.10. The molecule has 3 heteroatoms. The average molecular weight is 311 g/mol. The van der Waals surface area contributed by atoms with E-state index < -0.39 is 0 Å². The van der Waals surface area contributed by atoms with E-state index in [1.54, 1.807) is 0 Å². The maximum Gasteiger partial charge on any atom is 0.0523 e. The molecule has 1 saturated carbocycles. The van der Waals surface area contributed by atoms with Crippen molar-refractivity contribution in [3.8, 4) is 0 Å². The summed E-state index contributed by atoms with van der Waals surface area (Å²) in [6.07, 6.45) is 3.77. The molecule has 0 spiro atoms. The molecule has 1 aromatic rings. The third-order valence-corrected chi connectivity index (χ3v) is 5.14. The number of nitrogens with one attached hydrogen (secondary N) is 1. The van der Waals surface area contributed by atoms with Gasteiger partial charge in [0, 0.05) is 16.7 Å². The lowest BCUT2D eigenvalue weighted by Gasteiger charge is -2.46. The maximum atomic E-state index is 6.10. The summed E-state index contributed by atoms with van der Waals surface area (Å²) in [6, 6.07) is 8.38. The Kier molecular flexibility index (Phi) is 4.33. The molecular formula is C15H23BrN2. The van der Waals surface area contributed by atoms with Crippen LogP contribution in [-0.2, 0) is 0 Å². The van der Waals surface area contributed by atoms with Crippen molar-refractivity contribution in [3.05, 3.63) is 28.7 Å². The fourth-order valence-corrected chi connectivity index (χ4v) is 3.36. The summed E-state index contributed by atoms with van der Waals surface area (Å²) in [7, 11) is 0. The van der Waals surface area contributed by atoms with Crippen LogP contribution in [-0.4, -0.2) is 12.1 Å². The number of anilines is 1. The quantitative estimate of drug-likeness (QED) is 0.885. The Bertz CT molecular complexity index is 390. The van der Waals surface area contributed by atoms with Crippen molar-refractivity contribution in [2.24, 2.45) is 17.6 Å². The molecule has 0 saturated heterocycles. The Morgan fingerprint density at radius 3 is 2.61 bits per heavy atom. The Labute approximate surface area is 118 Å². The zero-order valence-corrected chi connectivity index (χ0v) is 12.8. The number of nitrogens with two attached hydrogens (primary N) is 1. The number of hydrogen-bond donors (Lipinski definition) is 2. The van der Waals surface area contributed by atoms with E-state index in [9.17, 15) is 0 Å². The van der Waals surface area contributed by atoms with Gasteiger partial charge in [-0.3, -0.25) is 0 Å². The first kappa shape index (κ1) is 13.9. The van der Waals surface area contributed by atoms with E-state index in [4.69, 9.17) is 5.73 Å². The minimum Gasteiger partial charge on any atom is -0.378 e. The van der Waals surface area contributed by atoms with Gasteiger partial charge in [-0.25, -0.2) is 0 Å². The van der Waals surface area contributed by atoms with E-state index in [2.05, 4.69) is 59.4 Å². The highest BCUT2D eigenvalue weighted by atomic mass is 79.9. The van der Waals surface area contributed by atoms with Crippen molar-refractivity contribution in [1.82, 2.24) is 0 Å². The molecule has 3 N–H and O–H groups in total. The van der Waals surface area contributed by atoms with E-state index in [0.717, 1.165) is 10.4 Å². The first-order chi connectivity index (χ1) is 8.57. The van der Waals surface area contributed by atoms with Crippen LogP contribution in [0.2, 0.25) is 0 Å². The molecule has 18 heavy (non-hydrogen) atoms. The Balaban J connectivity index is 2.19. The van der Waals surface area contributed by atoms with Gasteiger partial charge in [0.1, 0.15) is 0 Å². The van der Waals surface area contributed by atoms with Crippen LogP contribution < -0.4 is 11.1 Å². The predicted octanol–water partition coefficient (Wildman–Crippen LogP) is 4.01. The van der Waals surface area contributed by atoms with Crippen LogP contribution in [0.5, 0.6) is 0 Å². The number of rotatable bonds is 3. The summed E-state index contributed by atoms with van der Waals surface area (Å²) in [5, 5.41) is 3.71. The molecule has 2 nitrogen and oxygen atoms in total. The smallest absolute Gasteiger partial charge is 0.0523 e. The summed E-state index contributed by atoms with van der Waals surface area (Å²) < 4.78 is 1.11. The molecule has 0 aromatic heterocycles. The molecule has 2 rings (SSSR count). The molecule has 100 valence electrons. The average Bonchev–Trinajstić information content (AvgIpc) is 2.38. The summed E-state index contributed by atoms with van der Waals surface area (Å²) in [5.74, 6) is 1.35. The SMILES string of the molecule is CC1CCCC(CN)(Nc2ccc(Br)cc2)C1C. The molecule has 3 unspecified atom stereocenters. The molecule has 0 heterocycles. The van der Waals surface area contributed by atoms with Gasteiger partial charge in [0.15, 0.2) is 0 Å². The molecule has 0 aliphatic heterocycles. The fraction of sp³-hybridized carbons (Fsp3) is 0.600. The number of halogens is 1. The number of hydrogen-bond acceptors (Lipinski definition) is 2. The molecule has 0 bridgehead atoms. The molecule has 1 aliphatic rings. The second kappa shape index (κ2) is 5.62. The van der Waals surface area contributed by atoms with Gasteiger partial charge < -0.3 is 11.1 Å². The van der Waals surface area contributed by atoms with Gasteiger partial charge in [0.2, 0.25) is 0 Å². The van der Waals surface area contributed by atoms with E-state index in [1.807, 2.05) is 0 Å². The zero-order valence-electron chi connectivity index (χ0n) is 11.2. The Hall–Kier alpha value is -0.540. The second-order valence-electron chi connectivity index (χ2n) is 5.65. The van der Waals surface area contributed by atoms with Crippen molar-refractivity contribution in [2.45, 2.75) is 38.6 Å². The monoisotopic (exact) mass is 310 g/mol. The van der Waals surface area contributed by atoms with Gasteiger partial charge in [-0.05, 0) is 42.5 Å². The van der Waals surface area contributed by atoms with Crippen LogP contribution in [0.25, 0.3) is 0 Å². The Morgan fingerprint density at radius 1 is 1.33 bits per heavy atom. The van der Waals surface area contributed by atoms with Gasteiger partial charge in [0.25, 0.3) is 0 Å². The molecule has 1 aromatic carbocycles. The molecule has 3 atom stereocenters. The molecule has 0 radical (unpaired) electrons. The van der Waals surface area contributed by atoms with E-state index in [0.29, 0.717) is 12.5 Å². The van der Waals surface area contributed by atoms with E-state index in [-0.39, 0.29) is 5.54 Å². The lowest BCUT2D eigenvalue weighted by atomic mass is 9.68. The van der Waals surface area contributed by atoms with Crippen LogP contribution in [0.1, 0.15) is 33.1 Å². The van der Waals surface area contributed by atoms with Crippen molar-refractivity contribution >= 4 is 21.6 Å². The van der Waals surface area contributed by atoms with Crippen molar-refractivity contribution < 1.29 is 0 Å². The topological polar surface area (TPSA) is 38.0 Å². The first-order valence-electron chi connectivity index (χ1n) is 6.81. The second-order valence-corrected chi connectivity index (χ2v) is 6.57. The first-order valence-corrected chi connectivity index (χ1v) is 7.60. The van der Waals surface area contributed by atoms with Crippen molar-refractivity contribution in [3.63, 3.8) is 0 Å². The summed E-state index contributed by atoms with van der Waals surface area (Å²) in [4.78, 5) is 0. The van der Waals surface area contributed by atoms with Crippen LogP contribution in [0.4, 0.5) is 5.69 Å². The van der Waals surface area contributed by atoms with Crippen LogP contribution in [0.3, 0.4) is 0 Å². The van der Waals surface area contributed by atoms with E-state index >= 15 is 0 Å². The van der Waals surface area contributed by atoms with Gasteiger partial charge in [0.05, 0.1) is 5.54 Å². The van der Waals surface area contributed by atoms with E-state index in [1.165, 1.54) is 24.9 Å². The highest BCUT2D eigenvalue weighted by molar-refractivity contribution is 9.10. The van der Waals surface area contributed by atoms with Gasteiger partial charge in [-0.1, -0.05) is 42.6 Å². The summed E-state index contributed by atoms with van der Waals surface area (Å²) >= 11 is 3.47. The highest BCUT2D eigenvalue weighted by Gasteiger charge is 2.40. The van der Waals surface area contributed by atoms with Crippen LogP contribution in [0, 0.1) is 11.8 Å². The lowest BCUT2D eigenvalue weighted by molar-refractivity contribution is 0.168. The minimum atomic E-state index is 0.0610. The Morgan fingerprint density at radius 2 is 2.00 bits per heavy atom. The molecular weight excluding hydrogens is 288 g/mol. The number of benzene rings is 1. The zero-order chi connectivity index (χ0) is 13.2. The minimum absolute atomic E-state index is 0.0610. The standard InChI is InChI=1S/C15H23BrN2/c1-11-4-3-9-15(10-17,12(11)2)18-14-7-5-13(16)6-8-14/h5-8,11-12,18H,3-4,9-10,17H2,1-2H3. The third-order valence-electron chi connectivity index (χ3n) is 4.61. The van der Waals surface area contributed by atoms with Crippen molar-refractivity contribution in [1.29, 1.82) is 0 Å². The van der Waals surface area contributed by atoms with Crippen molar-refractivity contribution in [2.75, 3.05) is 11.9 Å². The largest absolute Gasteiger partial charge is 0.378 e. The molecule has 1 aliphatic carbocycles. The predicted molar refractivity (Wildman–Crippen MR) is 81.7 cm³/mol. The third kappa shape index (κ3) is 2.72. The normalized spacial score (nSPS) is 32.2. The highest BCUT2D eigenvalue weighted by Crippen LogP contribution is 2.39. The maximum absolute atomic E-state index is 6.10. The van der Waals surface area contributed by atoms with Crippen LogP contribution >= 0.6 is 15.9 Å². The van der Waals surface area contributed by atoms with Crippen LogP contribution in [0.15, 0.2) is 28.7 Å². The lowest BCUT2D eigenvalue weighted by Crippen LogP contribution is -2.54. The van der Waals surface area contributed by atoms with Gasteiger partial charge >= 0.3 is 0 Å². The summed E-state index contributed by atoms with van der Waals surface area (Å²) in [5.41, 5.74) is 7.33. The van der Waals surface area contributed by atoms with Gasteiger partial charge in [-0.15, -0.1) is 0 Å². The summed E-state index contributed by atoms with van der Waals surface area (Å²) in [6.45, 7) is 5.38. The molecule has 1 fully saturated rings. The van der Waals surface area contributed by atoms with Gasteiger partial charge in [-0.2, -0.15) is 0 Å².